The van der Waals surface area contributed by atoms with Crippen LogP contribution in [-0.4, -0.2) is 19.1 Å². The zero-order valence-corrected chi connectivity index (χ0v) is 8.82. The van der Waals surface area contributed by atoms with E-state index in [9.17, 15) is 0 Å². The van der Waals surface area contributed by atoms with E-state index in [2.05, 4.69) is 6.58 Å². The molecule has 0 heterocycles. The van der Waals surface area contributed by atoms with E-state index in [1.54, 1.807) is 12.1 Å². The Morgan fingerprint density at radius 3 is 3.00 bits per heavy atom. The molecule has 0 amide bonds. The quantitative estimate of drug-likeness (QED) is 0.456. The molecule has 0 aliphatic rings. The molecule has 1 rings (SSSR count). The minimum absolute atomic E-state index is 0.168. The molecule has 0 aliphatic heterocycles. The molecule has 0 bridgehead atoms. The van der Waals surface area contributed by atoms with E-state index in [-0.39, 0.29) is 5.90 Å². The fourth-order valence-electron chi connectivity index (χ4n) is 1.11. The van der Waals surface area contributed by atoms with Gasteiger partial charge in [-0.2, -0.15) is 0 Å². The Kier molecular flexibility index (Phi) is 4.41. The highest BCUT2D eigenvalue weighted by molar-refractivity contribution is 5.91. The summed E-state index contributed by atoms with van der Waals surface area (Å²) in [5, 5.41) is 7.61. The van der Waals surface area contributed by atoms with Crippen LogP contribution in [0.25, 0.3) is 0 Å². The lowest BCUT2D eigenvalue weighted by molar-refractivity contribution is 0.325. The van der Waals surface area contributed by atoms with Crippen LogP contribution in [0.15, 0.2) is 36.9 Å². The van der Waals surface area contributed by atoms with E-state index in [1.165, 1.54) is 0 Å². The number of hydrogen-bond donors (Lipinski definition) is 1. The molecule has 0 atom stereocenters. The van der Waals surface area contributed by atoms with Gasteiger partial charge in [-0.05, 0) is 25.1 Å². The van der Waals surface area contributed by atoms with Gasteiger partial charge in [0.25, 0.3) is 0 Å². The third kappa shape index (κ3) is 3.46. The van der Waals surface area contributed by atoms with Gasteiger partial charge in [0.1, 0.15) is 12.4 Å². The largest absolute Gasteiger partial charge is 0.490 e. The SMILES string of the molecule is C=CCOc1cccc(C(=N)OCC)c1. The lowest BCUT2D eigenvalue weighted by Crippen LogP contribution is -2.05. The second kappa shape index (κ2) is 5.86. The van der Waals surface area contributed by atoms with Crippen molar-refractivity contribution in [2.45, 2.75) is 6.92 Å². The highest BCUT2D eigenvalue weighted by Crippen LogP contribution is 2.14. The number of hydrogen-bond acceptors (Lipinski definition) is 3. The maximum atomic E-state index is 7.61. The van der Waals surface area contributed by atoms with Gasteiger partial charge in [0.05, 0.1) is 6.61 Å². The second-order valence-corrected chi connectivity index (χ2v) is 2.89. The van der Waals surface area contributed by atoms with Crippen LogP contribution in [0.1, 0.15) is 12.5 Å². The first kappa shape index (κ1) is 11.3. The molecule has 1 aromatic carbocycles. The molecule has 0 radical (unpaired) electrons. The number of nitrogens with one attached hydrogen (secondary N) is 1. The molecule has 1 aromatic rings. The average Bonchev–Trinajstić information content (AvgIpc) is 2.27. The molecule has 3 nitrogen and oxygen atoms in total. The van der Waals surface area contributed by atoms with Crippen LogP contribution in [0, 0.1) is 5.41 Å². The maximum Gasteiger partial charge on any atom is 0.213 e. The monoisotopic (exact) mass is 205 g/mol. The zero-order valence-electron chi connectivity index (χ0n) is 8.82. The van der Waals surface area contributed by atoms with E-state index >= 15 is 0 Å². The van der Waals surface area contributed by atoms with Crippen LogP contribution in [-0.2, 0) is 4.74 Å². The van der Waals surface area contributed by atoms with Gasteiger partial charge in [0.2, 0.25) is 5.90 Å². The van der Waals surface area contributed by atoms with Crippen LogP contribution in [0.2, 0.25) is 0 Å². The van der Waals surface area contributed by atoms with E-state index < -0.39 is 0 Å². The molecule has 0 spiro atoms. The number of rotatable bonds is 5. The summed E-state index contributed by atoms with van der Waals surface area (Å²) in [5.41, 5.74) is 0.721. The van der Waals surface area contributed by atoms with Crippen molar-refractivity contribution < 1.29 is 9.47 Å². The third-order valence-electron chi connectivity index (χ3n) is 1.75. The van der Waals surface area contributed by atoms with Gasteiger partial charge in [0, 0.05) is 5.56 Å². The van der Waals surface area contributed by atoms with Crippen LogP contribution in [0.3, 0.4) is 0 Å². The molecule has 15 heavy (non-hydrogen) atoms. The van der Waals surface area contributed by atoms with Crippen molar-refractivity contribution >= 4 is 5.90 Å². The fourth-order valence-corrected chi connectivity index (χ4v) is 1.11. The van der Waals surface area contributed by atoms with Crippen molar-refractivity contribution in [2.75, 3.05) is 13.2 Å². The van der Waals surface area contributed by atoms with Crippen molar-refractivity contribution in [2.24, 2.45) is 0 Å². The van der Waals surface area contributed by atoms with Crippen molar-refractivity contribution in [1.82, 2.24) is 0 Å². The van der Waals surface area contributed by atoms with E-state index in [0.29, 0.717) is 13.2 Å². The minimum Gasteiger partial charge on any atom is -0.490 e. The molecule has 0 aliphatic carbocycles. The molecule has 0 fully saturated rings. The van der Waals surface area contributed by atoms with Gasteiger partial charge in [-0.1, -0.05) is 18.7 Å². The number of ether oxygens (including phenoxy) is 2. The van der Waals surface area contributed by atoms with Crippen LogP contribution in [0.4, 0.5) is 0 Å². The van der Waals surface area contributed by atoms with Gasteiger partial charge < -0.3 is 9.47 Å². The molecule has 0 unspecified atom stereocenters. The van der Waals surface area contributed by atoms with E-state index in [1.807, 2.05) is 25.1 Å². The van der Waals surface area contributed by atoms with Crippen molar-refractivity contribution in [1.29, 1.82) is 5.41 Å². The summed E-state index contributed by atoms with van der Waals surface area (Å²) >= 11 is 0. The molecule has 0 saturated heterocycles. The van der Waals surface area contributed by atoms with Gasteiger partial charge in [-0.25, -0.2) is 0 Å². The Hall–Kier alpha value is -1.77. The summed E-state index contributed by atoms with van der Waals surface area (Å²) in [6.45, 7) is 6.38. The normalized spacial score (nSPS) is 9.40. The average molecular weight is 205 g/mol. The first-order valence-corrected chi connectivity index (χ1v) is 4.83. The maximum absolute atomic E-state index is 7.61. The summed E-state index contributed by atoms with van der Waals surface area (Å²) in [4.78, 5) is 0. The van der Waals surface area contributed by atoms with Gasteiger partial charge in [-0.15, -0.1) is 0 Å². The Labute approximate surface area is 89.8 Å². The van der Waals surface area contributed by atoms with E-state index in [0.717, 1.165) is 11.3 Å². The molecule has 1 N–H and O–H groups in total. The fraction of sp³-hybridized carbons (Fsp3) is 0.250. The highest BCUT2D eigenvalue weighted by atomic mass is 16.5. The Bertz CT molecular complexity index is 347. The summed E-state index contributed by atoms with van der Waals surface area (Å²) in [6.07, 6.45) is 1.68. The van der Waals surface area contributed by atoms with Crippen LogP contribution in [0.5, 0.6) is 5.75 Å². The first-order valence-electron chi connectivity index (χ1n) is 4.83. The van der Waals surface area contributed by atoms with Crippen molar-refractivity contribution in [3.63, 3.8) is 0 Å². The van der Waals surface area contributed by atoms with E-state index in [4.69, 9.17) is 14.9 Å². The topological polar surface area (TPSA) is 42.3 Å². The summed E-state index contributed by atoms with van der Waals surface area (Å²) in [5.74, 6) is 0.887. The molecular weight excluding hydrogens is 190 g/mol. The molecule has 3 heteroatoms. The molecule has 0 aromatic heterocycles. The minimum atomic E-state index is 0.168. The van der Waals surface area contributed by atoms with Gasteiger partial charge >= 0.3 is 0 Å². The van der Waals surface area contributed by atoms with Crippen LogP contribution >= 0.6 is 0 Å². The highest BCUT2D eigenvalue weighted by Gasteiger charge is 2.02. The first-order chi connectivity index (χ1) is 7.27. The molecular formula is C12H15NO2. The Morgan fingerprint density at radius 2 is 2.33 bits per heavy atom. The zero-order chi connectivity index (χ0) is 11.1. The van der Waals surface area contributed by atoms with Crippen molar-refractivity contribution in [3.05, 3.63) is 42.5 Å². The summed E-state index contributed by atoms with van der Waals surface area (Å²) in [7, 11) is 0. The Balaban J connectivity index is 2.73. The molecule has 80 valence electrons. The summed E-state index contributed by atoms with van der Waals surface area (Å²) < 4.78 is 10.4. The predicted octanol–water partition coefficient (Wildman–Crippen LogP) is 2.61. The smallest absolute Gasteiger partial charge is 0.213 e. The lowest BCUT2D eigenvalue weighted by Gasteiger charge is -2.07. The molecule has 0 saturated carbocycles. The van der Waals surface area contributed by atoms with Gasteiger partial charge in [-0.3, -0.25) is 5.41 Å². The second-order valence-electron chi connectivity index (χ2n) is 2.89. The third-order valence-corrected chi connectivity index (χ3v) is 1.75. The van der Waals surface area contributed by atoms with Crippen molar-refractivity contribution in [3.8, 4) is 5.75 Å². The Morgan fingerprint density at radius 1 is 1.53 bits per heavy atom. The summed E-state index contributed by atoms with van der Waals surface area (Å²) in [6, 6.07) is 7.27. The predicted molar refractivity (Wildman–Crippen MR) is 60.6 cm³/mol. The standard InChI is InChI=1S/C12H15NO2/c1-3-8-15-11-7-5-6-10(9-11)12(13)14-4-2/h3,5-7,9,13H,1,4,8H2,2H3. The van der Waals surface area contributed by atoms with Gasteiger partial charge in [0.15, 0.2) is 0 Å². The number of benzene rings is 1. The lowest BCUT2D eigenvalue weighted by atomic mass is 10.2. The van der Waals surface area contributed by atoms with Crippen LogP contribution < -0.4 is 4.74 Å².